The van der Waals surface area contributed by atoms with Crippen molar-refractivity contribution in [1.29, 1.82) is 0 Å². The monoisotopic (exact) mass is 294 g/mol. The standard InChI is InChI=1S/C15H26N4O2/c1-11(2)13(8-16)14-9-17-10-19(14)12(3)15(20)18-4-6-21-7-5-18/h9-13H,4-8,16H2,1-3H3. The highest BCUT2D eigenvalue weighted by Gasteiger charge is 2.27. The molecule has 0 aliphatic carbocycles. The Morgan fingerprint density at radius 3 is 2.62 bits per heavy atom. The summed E-state index contributed by atoms with van der Waals surface area (Å²) in [6.45, 7) is 9.33. The van der Waals surface area contributed by atoms with Gasteiger partial charge in [0.15, 0.2) is 0 Å². The van der Waals surface area contributed by atoms with E-state index in [0.29, 0.717) is 38.8 Å². The first kappa shape index (κ1) is 16.0. The van der Waals surface area contributed by atoms with Crippen LogP contribution in [-0.2, 0) is 9.53 Å². The molecule has 2 N–H and O–H groups in total. The molecule has 2 rings (SSSR count). The molecule has 1 aliphatic heterocycles. The zero-order valence-electron chi connectivity index (χ0n) is 13.2. The first-order chi connectivity index (χ1) is 10.1. The van der Waals surface area contributed by atoms with Crippen molar-refractivity contribution in [3.8, 4) is 0 Å². The number of amides is 1. The van der Waals surface area contributed by atoms with Gasteiger partial charge in [0.25, 0.3) is 0 Å². The molecule has 0 aromatic carbocycles. The fourth-order valence-corrected chi connectivity index (χ4v) is 2.83. The number of carbonyl (C=O) groups excluding carboxylic acids is 1. The third-order valence-corrected chi connectivity index (χ3v) is 4.23. The zero-order chi connectivity index (χ0) is 15.4. The largest absolute Gasteiger partial charge is 0.378 e. The molecular weight excluding hydrogens is 268 g/mol. The van der Waals surface area contributed by atoms with Crippen LogP contribution in [0.15, 0.2) is 12.5 Å². The molecule has 1 saturated heterocycles. The predicted octanol–water partition coefficient (Wildman–Crippen LogP) is 1.00. The minimum atomic E-state index is -0.256. The van der Waals surface area contributed by atoms with Crippen LogP contribution in [0.1, 0.15) is 38.4 Å². The van der Waals surface area contributed by atoms with Crippen LogP contribution in [0.2, 0.25) is 0 Å². The Morgan fingerprint density at radius 1 is 1.38 bits per heavy atom. The molecule has 0 spiro atoms. The van der Waals surface area contributed by atoms with E-state index in [4.69, 9.17) is 10.5 Å². The topological polar surface area (TPSA) is 73.4 Å². The number of morpholine rings is 1. The minimum absolute atomic E-state index is 0.122. The normalized spacial score (nSPS) is 18.8. The van der Waals surface area contributed by atoms with Crippen LogP contribution < -0.4 is 5.73 Å². The van der Waals surface area contributed by atoms with Gasteiger partial charge in [0.1, 0.15) is 6.04 Å². The summed E-state index contributed by atoms with van der Waals surface area (Å²) in [5.74, 6) is 0.751. The van der Waals surface area contributed by atoms with E-state index in [0.717, 1.165) is 5.69 Å². The fraction of sp³-hybridized carbons (Fsp3) is 0.733. The van der Waals surface area contributed by atoms with E-state index in [1.807, 2.05) is 22.6 Å². The van der Waals surface area contributed by atoms with Gasteiger partial charge in [0, 0.05) is 37.4 Å². The van der Waals surface area contributed by atoms with Gasteiger partial charge in [-0.2, -0.15) is 0 Å². The lowest BCUT2D eigenvalue weighted by Crippen LogP contribution is -2.44. The summed E-state index contributed by atoms with van der Waals surface area (Å²) in [6.07, 6.45) is 3.57. The van der Waals surface area contributed by atoms with Gasteiger partial charge in [-0.1, -0.05) is 13.8 Å². The lowest BCUT2D eigenvalue weighted by atomic mass is 9.92. The van der Waals surface area contributed by atoms with Crippen molar-refractivity contribution < 1.29 is 9.53 Å². The van der Waals surface area contributed by atoms with Gasteiger partial charge >= 0.3 is 0 Å². The van der Waals surface area contributed by atoms with Crippen LogP contribution in [0.4, 0.5) is 0 Å². The molecule has 0 saturated carbocycles. The Morgan fingerprint density at radius 2 is 2.05 bits per heavy atom. The van der Waals surface area contributed by atoms with E-state index in [1.54, 1.807) is 6.33 Å². The number of imidazole rings is 1. The summed E-state index contributed by atoms with van der Waals surface area (Å²) in [6, 6.07) is -0.256. The molecule has 6 nitrogen and oxygen atoms in total. The maximum atomic E-state index is 12.6. The maximum absolute atomic E-state index is 12.6. The van der Waals surface area contributed by atoms with Crippen molar-refractivity contribution in [2.24, 2.45) is 11.7 Å². The van der Waals surface area contributed by atoms with E-state index in [1.165, 1.54) is 0 Å². The second kappa shape index (κ2) is 7.04. The Labute approximate surface area is 126 Å². The van der Waals surface area contributed by atoms with Gasteiger partial charge < -0.3 is 19.9 Å². The van der Waals surface area contributed by atoms with Crippen LogP contribution in [0.25, 0.3) is 0 Å². The van der Waals surface area contributed by atoms with Gasteiger partial charge in [-0.25, -0.2) is 4.98 Å². The maximum Gasteiger partial charge on any atom is 0.245 e. The van der Waals surface area contributed by atoms with E-state index >= 15 is 0 Å². The highest BCUT2D eigenvalue weighted by atomic mass is 16.5. The van der Waals surface area contributed by atoms with Crippen molar-refractivity contribution in [2.75, 3.05) is 32.8 Å². The Hall–Kier alpha value is -1.40. The molecule has 6 heteroatoms. The molecular formula is C15H26N4O2. The molecule has 1 aromatic rings. The van der Waals surface area contributed by atoms with Crippen molar-refractivity contribution in [3.63, 3.8) is 0 Å². The van der Waals surface area contributed by atoms with Crippen LogP contribution in [0, 0.1) is 5.92 Å². The lowest BCUT2D eigenvalue weighted by molar-refractivity contribution is -0.138. The fourth-order valence-electron chi connectivity index (χ4n) is 2.83. The molecule has 0 radical (unpaired) electrons. The second-order valence-corrected chi connectivity index (χ2v) is 5.93. The van der Waals surface area contributed by atoms with Crippen LogP contribution in [-0.4, -0.2) is 53.2 Å². The van der Waals surface area contributed by atoms with Crippen LogP contribution in [0.5, 0.6) is 0 Å². The number of nitrogens with two attached hydrogens (primary N) is 1. The Balaban J connectivity index is 2.17. The van der Waals surface area contributed by atoms with Gasteiger partial charge in [0.05, 0.1) is 19.5 Å². The van der Waals surface area contributed by atoms with Crippen molar-refractivity contribution >= 4 is 5.91 Å². The summed E-state index contributed by atoms with van der Waals surface area (Å²) in [7, 11) is 0. The number of aromatic nitrogens is 2. The van der Waals surface area contributed by atoms with E-state index in [2.05, 4.69) is 18.8 Å². The van der Waals surface area contributed by atoms with E-state index in [-0.39, 0.29) is 17.9 Å². The number of ether oxygens (including phenoxy) is 1. The molecule has 1 aliphatic rings. The molecule has 1 fully saturated rings. The number of hydrogen-bond donors (Lipinski definition) is 1. The van der Waals surface area contributed by atoms with Crippen molar-refractivity contribution in [3.05, 3.63) is 18.2 Å². The number of carbonyl (C=O) groups is 1. The minimum Gasteiger partial charge on any atom is -0.378 e. The number of hydrogen-bond acceptors (Lipinski definition) is 4. The third kappa shape index (κ3) is 3.44. The molecule has 2 atom stereocenters. The highest BCUT2D eigenvalue weighted by Crippen LogP contribution is 2.26. The lowest BCUT2D eigenvalue weighted by Gasteiger charge is -2.31. The van der Waals surface area contributed by atoms with Crippen LogP contribution >= 0.6 is 0 Å². The molecule has 0 bridgehead atoms. The zero-order valence-corrected chi connectivity index (χ0v) is 13.2. The summed E-state index contributed by atoms with van der Waals surface area (Å²) in [5, 5.41) is 0. The van der Waals surface area contributed by atoms with Crippen molar-refractivity contribution in [1.82, 2.24) is 14.5 Å². The average molecular weight is 294 g/mol. The van der Waals surface area contributed by atoms with Crippen LogP contribution in [0.3, 0.4) is 0 Å². The molecule has 2 unspecified atom stereocenters. The summed E-state index contributed by atoms with van der Waals surface area (Å²) in [4.78, 5) is 18.7. The van der Waals surface area contributed by atoms with Crippen molar-refractivity contribution in [2.45, 2.75) is 32.7 Å². The third-order valence-electron chi connectivity index (χ3n) is 4.23. The summed E-state index contributed by atoms with van der Waals surface area (Å²) < 4.78 is 7.27. The summed E-state index contributed by atoms with van der Waals surface area (Å²) >= 11 is 0. The molecule has 1 amide bonds. The second-order valence-electron chi connectivity index (χ2n) is 5.93. The van der Waals surface area contributed by atoms with Gasteiger partial charge in [-0.15, -0.1) is 0 Å². The van der Waals surface area contributed by atoms with E-state index < -0.39 is 0 Å². The van der Waals surface area contributed by atoms with E-state index in [9.17, 15) is 4.79 Å². The smallest absolute Gasteiger partial charge is 0.245 e. The molecule has 118 valence electrons. The first-order valence-electron chi connectivity index (χ1n) is 7.64. The summed E-state index contributed by atoms with van der Waals surface area (Å²) in [5.41, 5.74) is 6.94. The van der Waals surface area contributed by atoms with Gasteiger partial charge in [0.2, 0.25) is 5.91 Å². The molecule has 21 heavy (non-hydrogen) atoms. The molecule has 1 aromatic heterocycles. The highest BCUT2D eigenvalue weighted by molar-refractivity contribution is 5.80. The van der Waals surface area contributed by atoms with Gasteiger partial charge in [-0.3, -0.25) is 4.79 Å². The molecule has 2 heterocycles. The number of rotatable bonds is 5. The number of nitrogens with zero attached hydrogens (tertiary/aromatic N) is 3. The quantitative estimate of drug-likeness (QED) is 0.879. The SMILES string of the molecule is CC(C)C(CN)c1cncn1C(C)C(=O)N1CCOCC1. The average Bonchev–Trinajstić information content (AvgIpc) is 2.96. The predicted molar refractivity (Wildman–Crippen MR) is 81.0 cm³/mol. The Kier molecular flexibility index (Phi) is 5.36. The van der Waals surface area contributed by atoms with Gasteiger partial charge in [-0.05, 0) is 12.8 Å². The Bertz CT molecular complexity index is 466. The first-order valence-corrected chi connectivity index (χ1v) is 7.64.